The maximum atomic E-state index is 13.1. The lowest BCUT2D eigenvalue weighted by molar-refractivity contribution is 0.0695. The smallest absolute Gasteiger partial charge is 0.337 e. The van der Waals surface area contributed by atoms with Crippen molar-refractivity contribution in [2.45, 2.75) is 19.8 Å². The largest absolute Gasteiger partial charge is 0.478 e. The zero-order valence-corrected chi connectivity index (χ0v) is 10.4. The number of halogens is 1. The number of carboxylic acids is 1. The number of nitrogens with zero attached hydrogens (tertiary/aromatic N) is 2. The van der Waals surface area contributed by atoms with Crippen molar-refractivity contribution in [2.75, 3.05) is 0 Å². The fraction of sp³-hybridized carbons (Fsp3) is 0.214. The number of rotatable bonds is 4. The Morgan fingerprint density at radius 2 is 2.16 bits per heavy atom. The van der Waals surface area contributed by atoms with Crippen molar-refractivity contribution in [2.24, 2.45) is 0 Å². The van der Waals surface area contributed by atoms with E-state index in [4.69, 9.17) is 5.11 Å². The van der Waals surface area contributed by atoms with Gasteiger partial charge in [-0.2, -0.15) is 0 Å². The summed E-state index contributed by atoms with van der Waals surface area (Å²) in [7, 11) is 0. The van der Waals surface area contributed by atoms with Crippen LogP contribution < -0.4 is 0 Å². The third-order valence-corrected chi connectivity index (χ3v) is 2.69. The van der Waals surface area contributed by atoms with E-state index < -0.39 is 11.8 Å². The normalized spacial score (nSPS) is 10.4. The van der Waals surface area contributed by atoms with Crippen LogP contribution in [0.25, 0.3) is 11.3 Å². The lowest BCUT2D eigenvalue weighted by Gasteiger charge is -2.07. The summed E-state index contributed by atoms with van der Waals surface area (Å²) in [4.78, 5) is 19.2. The van der Waals surface area contributed by atoms with Crippen LogP contribution in [0.5, 0.6) is 0 Å². The first-order valence-electron chi connectivity index (χ1n) is 5.96. The van der Waals surface area contributed by atoms with E-state index in [1.54, 1.807) is 6.07 Å². The second-order valence-corrected chi connectivity index (χ2v) is 4.14. The minimum atomic E-state index is -1.00. The molecule has 0 atom stereocenters. The van der Waals surface area contributed by atoms with Crippen molar-refractivity contribution >= 4 is 5.97 Å². The summed E-state index contributed by atoms with van der Waals surface area (Å²) in [5, 5.41) is 9.09. The molecule has 1 N–H and O–H groups in total. The first-order chi connectivity index (χ1) is 9.11. The molecule has 5 heteroatoms. The number of aryl methyl sites for hydroxylation is 1. The van der Waals surface area contributed by atoms with Crippen molar-refractivity contribution in [1.82, 2.24) is 9.97 Å². The van der Waals surface area contributed by atoms with Gasteiger partial charge in [0.05, 0.1) is 23.1 Å². The summed E-state index contributed by atoms with van der Waals surface area (Å²) in [6.07, 6.45) is 3.97. The molecule has 0 spiro atoms. The Labute approximate surface area is 110 Å². The van der Waals surface area contributed by atoms with E-state index in [-0.39, 0.29) is 5.56 Å². The van der Waals surface area contributed by atoms with Gasteiger partial charge in [-0.1, -0.05) is 13.3 Å². The van der Waals surface area contributed by atoms with Crippen LogP contribution in [0.4, 0.5) is 4.39 Å². The average Bonchev–Trinajstić information content (AvgIpc) is 2.39. The topological polar surface area (TPSA) is 63.1 Å². The van der Waals surface area contributed by atoms with Gasteiger partial charge in [0.15, 0.2) is 0 Å². The second kappa shape index (κ2) is 5.56. The molecule has 0 unspecified atom stereocenters. The minimum Gasteiger partial charge on any atom is -0.478 e. The van der Waals surface area contributed by atoms with E-state index in [0.29, 0.717) is 23.4 Å². The quantitative estimate of drug-likeness (QED) is 0.918. The van der Waals surface area contributed by atoms with E-state index in [0.717, 1.165) is 12.6 Å². The molecule has 0 bridgehead atoms. The fourth-order valence-corrected chi connectivity index (χ4v) is 1.84. The summed E-state index contributed by atoms with van der Waals surface area (Å²) in [6.45, 7) is 1.95. The molecular weight excluding hydrogens is 247 g/mol. The molecule has 0 saturated heterocycles. The summed E-state index contributed by atoms with van der Waals surface area (Å²) in [5.74, 6) is -1.45. The van der Waals surface area contributed by atoms with Crippen molar-refractivity contribution in [1.29, 1.82) is 0 Å². The first kappa shape index (κ1) is 13.1. The van der Waals surface area contributed by atoms with Gasteiger partial charge in [-0.15, -0.1) is 0 Å². The Kier molecular flexibility index (Phi) is 3.85. The third kappa shape index (κ3) is 2.93. The van der Waals surface area contributed by atoms with Gasteiger partial charge < -0.3 is 5.11 Å². The predicted molar refractivity (Wildman–Crippen MR) is 68.4 cm³/mol. The number of hydrogen-bond acceptors (Lipinski definition) is 3. The van der Waals surface area contributed by atoms with Crippen LogP contribution in [0.15, 0.2) is 30.6 Å². The van der Waals surface area contributed by atoms with Crippen molar-refractivity contribution in [3.8, 4) is 11.3 Å². The number of carboxylic acid groups (broad SMARTS) is 1. The Balaban J connectivity index is 2.48. The van der Waals surface area contributed by atoms with Gasteiger partial charge in [-0.3, -0.25) is 9.97 Å². The highest BCUT2D eigenvalue weighted by atomic mass is 19.1. The molecule has 2 aromatic rings. The summed E-state index contributed by atoms with van der Waals surface area (Å²) < 4.78 is 13.1. The van der Waals surface area contributed by atoms with E-state index in [1.807, 2.05) is 6.92 Å². The van der Waals surface area contributed by atoms with Crippen LogP contribution in [-0.4, -0.2) is 21.0 Å². The maximum absolute atomic E-state index is 13.1. The van der Waals surface area contributed by atoms with E-state index in [9.17, 15) is 9.18 Å². The molecule has 0 amide bonds. The Morgan fingerprint density at radius 3 is 2.79 bits per heavy atom. The van der Waals surface area contributed by atoms with Gasteiger partial charge >= 0.3 is 5.97 Å². The van der Waals surface area contributed by atoms with Gasteiger partial charge in [0.1, 0.15) is 5.82 Å². The molecule has 0 saturated carbocycles. The Bertz CT molecular complexity index is 614. The van der Waals surface area contributed by atoms with Crippen molar-refractivity contribution in [3.63, 3.8) is 0 Å². The molecule has 0 aliphatic carbocycles. The van der Waals surface area contributed by atoms with Gasteiger partial charge in [-0.25, -0.2) is 9.18 Å². The predicted octanol–water partition coefficient (Wildman–Crippen LogP) is 2.93. The Morgan fingerprint density at radius 1 is 1.37 bits per heavy atom. The Hall–Kier alpha value is -2.30. The first-order valence-corrected chi connectivity index (χ1v) is 5.96. The number of aromatic nitrogens is 2. The molecule has 98 valence electrons. The molecule has 4 nitrogen and oxygen atoms in total. The van der Waals surface area contributed by atoms with Crippen molar-refractivity contribution in [3.05, 3.63) is 47.7 Å². The third-order valence-electron chi connectivity index (χ3n) is 2.69. The van der Waals surface area contributed by atoms with E-state index in [2.05, 4.69) is 9.97 Å². The minimum absolute atomic E-state index is 0.190. The van der Waals surface area contributed by atoms with Gasteiger partial charge in [0.2, 0.25) is 0 Å². The lowest BCUT2D eigenvalue weighted by Crippen LogP contribution is -2.05. The SMILES string of the molecule is CCCc1nc(-c2cncc(F)c2)ccc1C(=O)O. The molecular formula is C14H13FN2O2. The van der Waals surface area contributed by atoms with Gasteiger partial charge in [0, 0.05) is 11.8 Å². The van der Waals surface area contributed by atoms with Gasteiger partial charge in [-0.05, 0) is 24.6 Å². The van der Waals surface area contributed by atoms with Crippen LogP contribution in [0.2, 0.25) is 0 Å². The van der Waals surface area contributed by atoms with E-state index >= 15 is 0 Å². The molecule has 2 aromatic heterocycles. The highest BCUT2D eigenvalue weighted by Gasteiger charge is 2.12. The molecule has 0 aliphatic heterocycles. The molecule has 0 aliphatic rings. The average molecular weight is 260 g/mol. The van der Waals surface area contributed by atoms with Crippen LogP contribution in [-0.2, 0) is 6.42 Å². The number of pyridine rings is 2. The molecule has 0 fully saturated rings. The highest BCUT2D eigenvalue weighted by molar-refractivity contribution is 5.89. The maximum Gasteiger partial charge on any atom is 0.337 e. The molecule has 0 aromatic carbocycles. The lowest BCUT2D eigenvalue weighted by atomic mass is 10.1. The van der Waals surface area contributed by atoms with Crippen LogP contribution in [0.1, 0.15) is 29.4 Å². The number of aromatic carboxylic acids is 1. The van der Waals surface area contributed by atoms with Crippen LogP contribution in [0.3, 0.4) is 0 Å². The highest BCUT2D eigenvalue weighted by Crippen LogP contribution is 2.20. The molecule has 2 heterocycles. The van der Waals surface area contributed by atoms with Gasteiger partial charge in [0.25, 0.3) is 0 Å². The van der Waals surface area contributed by atoms with E-state index in [1.165, 1.54) is 18.3 Å². The second-order valence-electron chi connectivity index (χ2n) is 4.14. The molecule has 19 heavy (non-hydrogen) atoms. The molecule has 2 rings (SSSR count). The summed E-state index contributed by atoms with van der Waals surface area (Å²) in [5.41, 5.74) is 1.77. The zero-order valence-electron chi connectivity index (χ0n) is 10.4. The fourth-order valence-electron chi connectivity index (χ4n) is 1.84. The van der Waals surface area contributed by atoms with Crippen molar-refractivity contribution < 1.29 is 14.3 Å². The summed E-state index contributed by atoms with van der Waals surface area (Å²) in [6, 6.07) is 4.39. The van der Waals surface area contributed by atoms with Crippen LogP contribution in [0, 0.1) is 5.82 Å². The number of hydrogen-bond donors (Lipinski definition) is 1. The standard InChI is InChI=1S/C14H13FN2O2/c1-2-3-13-11(14(18)19)4-5-12(17-13)9-6-10(15)8-16-7-9/h4-8H,2-3H2,1H3,(H,18,19). The van der Waals surface area contributed by atoms with Crippen LogP contribution >= 0.6 is 0 Å². The monoisotopic (exact) mass is 260 g/mol. The number of carbonyl (C=O) groups is 1. The zero-order chi connectivity index (χ0) is 13.8. The summed E-state index contributed by atoms with van der Waals surface area (Å²) >= 11 is 0. The molecule has 0 radical (unpaired) electrons.